The van der Waals surface area contributed by atoms with Gasteiger partial charge in [-0.15, -0.1) is 0 Å². The van der Waals surface area contributed by atoms with E-state index in [1.807, 2.05) is 0 Å². The van der Waals surface area contributed by atoms with E-state index in [2.05, 4.69) is 24.8 Å². The molecule has 2 N–H and O–H groups in total. The molecule has 238 valence electrons. The summed E-state index contributed by atoms with van der Waals surface area (Å²) in [5.41, 5.74) is -1.30. The van der Waals surface area contributed by atoms with Gasteiger partial charge in [-0.1, -0.05) is 25.6 Å². The van der Waals surface area contributed by atoms with E-state index in [0.29, 0.717) is 0 Å². The van der Waals surface area contributed by atoms with E-state index in [1.54, 1.807) is 0 Å². The number of rotatable bonds is 19. The molecular weight excluding hydrogens is 580 g/mol. The molecule has 0 aromatic rings. The van der Waals surface area contributed by atoms with Crippen LogP contribution in [0.15, 0.2) is 0 Å². The molecule has 0 saturated heterocycles. The van der Waals surface area contributed by atoms with Crippen LogP contribution in [-0.2, 0) is 62.0 Å². The highest BCUT2D eigenvalue weighted by Gasteiger charge is 2.40. The van der Waals surface area contributed by atoms with Gasteiger partial charge in [0.2, 0.25) is 5.91 Å². The van der Waals surface area contributed by atoms with Crippen molar-refractivity contribution < 1.29 is 62.0 Å². The largest absolute Gasteiger partial charge is 0.469 e. The Morgan fingerprint density at radius 2 is 1.29 bits per heavy atom. The zero-order chi connectivity index (χ0) is 32.3. The van der Waals surface area contributed by atoms with Gasteiger partial charge in [-0.2, -0.15) is 0 Å². The minimum absolute atomic E-state index is 0.0367. The third-order valence-corrected chi connectivity index (χ3v) is 6.49. The van der Waals surface area contributed by atoms with Crippen molar-refractivity contribution in [2.45, 2.75) is 59.0 Å². The van der Waals surface area contributed by atoms with Gasteiger partial charge < -0.3 is 34.3 Å². The van der Waals surface area contributed by atoms with Crippen LogP contribution in [0.4, 0.5) is 0 Å². The average Bonchev–Trinajstić information content (AvgIpc) is 2.96. The predicted octanol–water partition coefficient (Wildman–Crippen LogP) is 0.0654. The fraction of sp³-hybridized carbons (Fsp3) is 0.692. The summed E-state index contributed by atoms with van der Waals surface area (Å²) in [6.45, 7) is 3.71. The molecule has 15 nitrogen and oxygen atoms in total. The Morgan fingerprint density at radius 3 is 1.88 bits per heavy atom. The molecule has 0 aromatic carbocycles. The van der Waals surface area contributed by atoms with E-state index in [-0.39, 0.29) is 56.1 Å². The maximum absolute atomic E-state index is 13.0. The van der Waals surface area contributed by atoms with Crippen molar-refractivity contribution in [2.24, 2.45) is 11.3 Å². The first-order chi connectivity index (χ1) is 19.7. The van der Waals surface area contributed by atoms with Crippen LogP contribution >= 0.6 is 11.8 Å². The standard InChI is InChI=1S/C26H40N2O13S/c1-16(24(35)39-6)25(36)40-15-26(2,3)22(41-20(32)8-7-18(30)37-4)23(34)28-12-9-17(29)27-13-10-21(33)42-14-11-19(31)38-5/h16,22H,7-15H2,1-6H3,(H,27,29)(H,28,34)/t16?,22-/m0/s1. The van der Waals surface area contributed by atoms with Crippen molar-refractivity contribution in [1.82, 2.24) is 10.6 Å². The molecule has 0 aliphatic carbocycles. The van der Waals surface area contributed by atoms with E-state index < -0.39 is 65.7 Å². The molecule has 2 atom stereocenters. The quantitative estimate of drug-likeness (QED) is 0.111. The molecule has 0 heterocycles. The van der Waals surface area contributed by atoms with Crippen molar-refractivity contribution in [3.8, 4) is 0 Å². The number of nitrogens with one attached hydrogen (secondary N) is 2. The van der Waals surface area contributed by atoms with E-state index in [9.17, 15) is 38.4 Å². The maximum Gasteiger partial charge on any atom is 0.320 e. The SMILES string of the molecule is COC(=O)CCSC(=O)CCNC(=O)CCNC(=O)[C@H](OC(=O)CCC(=O)OC)C(C)(C)COC(=O)C(C)C(=O)OC. The van der Waals surface area contributed by atoms with Crippen LogP contribution in [0.2, 0.25) is 0 Å². The number of hydrogen-bond donors (Lipinski definition) is 2. The number of carbonyl (C=O) groups excluding carboxylic acids is 8. The zero-order valence-corrected chi connectivity index (χ0v) is 25.6. The van der Waals surface area contributed by atoms with Crippen LogP contribution in [-0.4, -0.2) is 99.7 Å². The van der Waals surface area contributed by atoms with Gasteiger partial charge in [-0.25, -0.2) is 0 Å². The lowest BCUT2D eigenvalue weighted by Crippen LogP contribution is -2.49. The minimum atomic E-state index is -1.51. The predicted molar refractivity (Wildman–Crippen MR) is 146 cm³/mol. The van der Waals surface area contributed by atoms with Gasteiger partial charge in [0, 0.05) is 37.1 Å². The third kappa shape index (κ3) is 15.9. The Bertz CT molecular complexity index is 983. The van der Waals surface area contributed by atoms with Crippen LogP contribution in [0, 0.1) is 11.3 Å². The molecule has 1 unspecified atom stereocenters. The molecule has 0 radical (unpaired) electrons. The van der Waals surface area contributed by atoms with Crippen LogP contribution in [0.3, 0.4) is 0 Å². The molecular formula is C26H40N2O13S. The molecule has 0 spiro atoms. The molecule has 42 heavy (non-hydrogen) atoms. The summed E-state index contributed by atoms with van der Waals surface area (Å²) in [7, 11) is 3.51. The van der Waals surface area contributed by atoms with Crippen molar-refractivity contribution in [3.63, 3.8) is 0 Å². The number of ether oxygens (including phenoxy) is 5. The highest BCUT2D eigenvalue weighted by molar-refractivity contribution is 8.13. The van der Waals surface area contributed by atoms with Crippen LogP contribution in [0.5, 0.6) is 0 Å². The van der Waals surface area contributed by atoms with Crippen molar-refractivity contribution in [1.29, 1.82) is 0 Å². The topological polar surface area (TPSA) is 207 Å². The van der Waals surface area contributed by atoms with Crippen LogP contribution < -0.4 is 10.6 Å². The molecule has 16 heteroatoms. The Kier molecular flexibility index (Phi) is 18.5. The first kappa shape index (κ1) is 38.3. The van der Waals surface area contributed by atoms with Crippen molar-refractivity contribution >= 4 is 58.5 Å². The Labute approximate surface area is 248 Å². The highest BCUT2D eigenvalue weighted by atomic mass is 32.2. The molecule has 0 aromatic heterocycles. The number of esters is 5. The first-order valence-corrected chi connectivity index (χ1v) is 13.9. The molecule has 2 amide bonds. The second kappa shape index (κ2) is 20.2. The van der Waals surface area contributed by atoms with Gasteiger partial charge in [-0.3, -0.25) is 38.4 Å². The normalized spacial score (nSPS) is 12.1. The fourth-order valence-corrected chi connectivity index (χ4v) is 3.74. The molecule has 0 rings (SSSR count). The number of amides is 2. The van der Waals surface area contributed by atoms with E-state index >= 15 is 0 Å². The summed E-state index contributed by atoms with van der Waals surface area (Å²) < 4.78 is 24.0. The highest BCUT2D eigenvalue weighted by Crippen LogP contribution is 2.26. The summed E-state index contributed by atoms with van der Waals surface area (Å²) in [5.74, 6) is -5.94. The Morgan fingerprint density at radius 1 is 0.714 bits per heavy atom. The molecule has 0 saturated carbocycles. The summed E-state index contributed by atoms with van der Waals surface area (Å²) in [6, 6.07) is 0. The average molecular weight is 621 g/mol. The van der Waals surface area contributed by atoms with Crippen LogP contribution in [0.1, 0.15) is 52.9 Å². The first-order valence-electron chi connectivity index (χ1n) is 13.0. The minimum Gasteiger partial charge on any atom is -0.469 e. The number of thioether (sulfide) groups is 1. The third-order valence-electron chi connectivity index (χ3n) is 5.55. The Balaban J connectivity index is 5.03. The van der Waals surface area contributed by atoms with Gasteiger partial charge in [0.25, 0.3) is 5.91 Å². The lowest BCUT2D eigenvalue weighted by atomic mass is 9.86. The maximum atomic E-state index is 13.0. The smallest absolute Gasteiger partial charge is 0.320 e. The number of methoxy groups -OCH3 is 3. The van der Waals surface area contributed by atoms with Gasteiger partial charge in [0.15, 0.2) is 17.1 Å². The second-order valence-electron chi connectivity index (χ2n) is 9.47. The van der Waals surface area contributed by atoms with Gasteiger partial charge in [0.1, 0.15) is 6.61 Å². The Hall–Kier alpha value is -3.69. The van der Waals surface area contributed by atoms with E-state index in [1.165, 1.54) is 27.9 Å². The molecule has 0 bridgehead atoms. The molecule has 0 aliphatic heterocycles. The van der Waals surface area contributed by atoms with E-state index in [4.69, 9.17) is 9.47 Å². The summed E-state index contributed by atoms with van der Waals surface area (Å²) in [5, 5.41) is 4.81. The van der Waals surface area contributed by atoms with Crippen LogP contribution in [0.25, 0.3) is 0 Å². The van der Waals surface area contributed by atoms with Gasteiger partial charge in [-0.05, 0) is 6.92 Å². The molecule has 0 aliphatic rings. The summed E-state index contributed by atoms with van der Waals surface area (Å²) in [6.07, 6.45) is -2.21. The van der Waals surface area contributed by atoms with Gasteiger partial charge >= 0.3 is 29.8 Å². The van der Waals surface area contributed by atoms with E-state index in [0.717, 1.165) is 26.0 Å². The summed E-state index contributed by atoms with van der Waals surface area (Å²) in [4.78, 5) is 95.6. The lowest BCUT2D eigenvalue weighted by molar-refractivity contribution is -0.172. The molecule has 0 fully saturated rings. The van der Waals surface area contributed by atoms with Gasteiger partial charge in [0.05, 0.1) is 40.6 Å². The van der Waals surface area contributed by atoms with Crippen molar-refractivity contribution in [3.05, 3.63) is 0 Å². The number of hydrogen-bond acceptors (Lipinski definition) is 14. The lowest BCUT2D eigenvalue weighted by Gasteiger charge is -2.32. The zero-order valence-electron chi connectivity index (χ0n) is 24.7. The monoisotopic (exact) mass is 620 g/mol. The summed E-state index contributed by atoms with van der Waals surface area (Å²) >= 11 is 0.950. The fourth-order valence-electron chi connectivity index (χ4n) is 3.00. The second-order valence-corrected chi connectivity index (χ2v) is 10.6. The van der Waals surface area contributed by atoms with Crippen molar-refractivity contribution in [2.75, 3.05) is 46.8 Å². The number of carbonyl (C=O) groups is 8.